The van der Waals surface area contributed by atoms with Gasteiger partial charge < -0.3 is 16.4 Å². The highest BCUT2D eigenvalue weighted by Gasteiger charge is 2.21. The third-order valence-electron chi connectivity index (χ3n) is 4.11. The lowest BCUT2D eigenvalue weighted by molar-refractivity contribution is -0.116. The molecule has 0 aliphatic heterocycles. The fourth-order valence-electron chi connectivity index (χ4n) is 2.99. The van der Waals surface area contributed by atoms with E-state index >= 15 is 0 Å². The molecule has 0 saturated carbocycles. The molecule has 0 bridgehead atoms. The number of urea groups is 1. The van der Waals surface area contributed by atoms with Crippen LogP contribution in [0, 0.1) is 6.92 Å². The van der Waals surface area contributed by atoms with E-state index in [4.69, 9.17) is 5.73 Å². The maximum atomic E-state index is 12.4. The van der Waals surface area contributed by atoms with E-state index in [0.29, 0.717) is 5.13 Å². The molecule has 1 heterocycles. The fourth-order valence-corrected chi connectivity index (χ4v) is 4.05. The number of aromatic nitrogens is 1. The van der Waals surface area contributed by atoms with Crippen molar-refractivity contribution in [1.82, 2.24) is 10.3 Å². The largest absolute Gasteiger partial charge is 0.352 e. The first-order valence-electron chi connectivity index (χ1n) is 7.93. The molecule has 1 aromatic carbocycles. The molecular formula is C17H20N4O2S. The van der Waals surface area contributed by atoms with Gasteiger partial charge in [0.05, 0.1) is 18.2 Å². The average molecular weight is 344 g/mol. The first-order chi connectivity index (χ1) is 11.5. The Morgan fingerprint density at radius 3 is 2.83 bits per heavy atom. The van der Waals surface area contributed by atoms with Gasteiger partial charge in [-0.05, 0) is 37.3 Å². The molecule has 3 rings (SSSR count). The Bertz CT molecular complexity index is 750. The number of primary amides is 1. The number of hydrogen-bond donors (Lipinski definition) is 3. The number of nitrogens with zero attached hydrogens (tertiary/aromatic N) is 1. The molecular weight excluding hydrogens is 324 g/mol. The standard InChI is InChI=1S/C17H20N4O2S/c1-10-5-2-3-6-11(10)13(19-16(18)23)9-15(22)21-17-20-12-7-4-8-14(12)24-17/h2-3,5-6,13H,4,7-9H2,1H3,(H3,18,19,23)(H,20,21,22)/t13-/m0/s1. The quantitative estimate of drug-likeness (QED) is 0.778. The van der Waals surface area contributed by atoms with Crippen LogP contribution in [0.15, 0.2) is 24.3 Å². The van der Waals surface area contributed by atoms with Crippen LogP contribution in [-0.4, -0.2) is 16.9 Å². The molecule has 6 nitrogen and oxygen atoms in total. The number of nitrogens with two attached hydrogens (primary N) is 1. The van der Waals surface area contributed by atoms with Gasteiger partial charge in [0.2, 0.25) is 5.91 Å². The summed E-state index contributed by atoms with van der Waals surface area (Å²) in [5.74, 6) is -0.190. The third kappa shape index (κ3) is 3.73. The van der Waals surface area contributed by atoms with Crippen LogP contribution >= 0.6 is 11.3 Å². The zero-order valence-corrected chi connectivity index (χ0v) is 14.3. The van der Waals surface area contributed by atoms with Crippen molar-refractivity contribution in [1.29, 1.82) is 0 Å². The second-order valence-corrected chi connectivity index (χ2v) is 7.00. The molecule has 1 aliphatic carbocycles. The number of thiazole rings is 1. The minimum atomic E-state index is -0.649. The Morgan fingerprint density at radius 2 is 2.12 bits per heavy atom. The maximum Gasteiger partial charge on any atom is 0.312 e. The minimum Gasteiger partial charge on any atom is -0.352 e. The van der Waals surface area contributed by atoms with Crippen molar-refractivity contribution < 1.29 is 9.59 Å². The predicted octanol–water partition coefficient (Wildman–Crippen LogP) is 2.68. The third-order valence-corrected chi connectivity index (χ3v) is 5.18. The fraction of sp³-hybridized carbons (Fsp3) is 0.353. The number of aryl methyl sites for hydroxylation is 3. The summed E-state index contributed by atoms with van der Waals surface area (Å²) in [6, 6.07) is 6.51. The number of fused-ring (bicyclic) bond motifs is 1. The zero-order chi connectivity index (χ0) is 17.1. The van der Waals surface area contributed by atoms with Gasteiger partial charge in [-0.25, -0.2) is 9.78 Å². The van der Waals surface area contributed by atoms with Crippen LogP contribution in [0.5, 0.6) is 0 Å². The summed E-state index contributed by atoms with van der Waals surface area (Å²) in [6.45, 7) is 1.94. The lowest BCUT2D eigenvalue weighted by Gasteiger charge is -2.19. The lowest BCUT2D eigenvalue weighted by atomic mass is 9.98. The van der Waals surface area contributed by atoms with E-state index in [1.165, 1.54) is 16.2 Å². The van der Waals surface area contributed by atoms with E-state index in [1.807, 2.05) is 31.2 Å². The molecule has 1 aromatic heterocycles. The monoisotopic (exact) mass is 344 g/mol. The summed E-state index contributed by atoms with van der Waals surface area (Å²) in [5.41, 5.74) is 8.24. The molecule has 2 aromatic rings. The van der Waals surface area contributed by atoms with Crippen LogP contribution in [0.25, 0.3) is 0 Å². The molecule has 24 heavy (non-hydrogen) atoms. The second-order valence-electron chi connectivity index (χ2n) is 5.91. The highest BCUT2D eigenvalue weighted by Crippen LogP contribution is 2.30. The van der Waals surface area contributed by atoms with Crippen LogP contribution < -0.4 is 16.4 Å². The Morgan fingerprint density at radius 1 is 1.33 bits per heavy atom. The van der Waals surface area contributed by atoms with Crippen molar-refractivity contribution in [3.8, 4) is 0 Å². The van der Waals surface area contributed by atoms with E-state index in [2.05, 4.69) is 15.6 Å². The van der Waals surface area contributed by atoms with Gasteiger partial charge in [0.25, 0.3) is 0 Å². The molecule has 0 fully saturated rings. The minimum absolute atomic E-state index is 0.109. The molecule has 1 aliphatic rings. The van der Waals surface area contributed by atoms with Gasteiger partial charge in [-0.1, -0.05) is 24.3 Å². The number of carbonyl (C=O) groups excluding carboxylic acids is 2. The second kappa shape index (κ2) is 7.00. The first-order valence-corrected chi connectivity index (χ1v) is 8.74. The van der Waals surface area contributed by atoms with Crippen LogP contribution in [0.2, 0.25) is 0 Å². The first kappa shape index (κ1) is 16.4. The molecule has 3 amide bonds. The zero-order valence-electron chi connectivity index (χ0n) is 13.5. The molecule has 0 radical (unpaired) electrons. The Hall–Kier alpha value is -2.41. The summed E-state index contributed by atoms with van der Waals surface area (Å²) in [5, 5.41) is 6.13. The number of nitrogens with one attached hydrogen (secondary N) is 2. The SMILES string of the molecule is Cc1ccccc1[C@H](CC(=O)Nc1nc2c(s1)CCC2)NC(N)=O. The highest BCUT2D eigenvalue weighted by atomic mass is 32.1. The normalized spacial score (nSPS) is 14.0. The smallest absolute Gasteiger partial charge is 0.312 e. The van der Waals surface area contributed by atoms with Gasteiger partial charge >= 0.3 is 6.03 Å². The van der Waals surface area contributed by atoms with Crippen LogP contribution in [0.1, 0.15) is 40.6 Å². The van der Waals surface area contributed by atoms with Gasteiger partial charge in [-0.3, -0.25) is 4.79 Å². The Labute approximate surface area is 144 Å². The summed E-state index contributed by atoms with van der Waals surface area (Å²) in [6.07, 6.45) is 3.27. The topological polar surface area (TPSA) is 97.1 Å². The van der Waals surface area contributed by atoms with E-state index in [1.54, 1.807) is 0 Å². The number of hydrogen-bond acceptors (Lipinski definition) is 4. The van der Waals surface area contributed by atoms with Crippen LogP contribution in [0.3, 0.4) is 0 Å². The molecule has 4 N–H and O–H groups in total. The van der Waals surface area contributed by atoms with E-state index in [9.17, 15) is 9.59 Å². The van der Waals surface area contributed by atoms with E-state index in [-0.39, 0.29) is 12.3 Å². The molecule has 0 saturated heterocycles. The number of benzene rings is 1. The summed E-state index contributed by atoms with van der Waals surface area (Å²) < 4.78 is 0. The Balaban J connectivity index is 1.70. The van der Waals surface area contributed by atoms with E-state index in [0.717, 1.165) is 36.1 Å². The van der Waals surface area contributed by atoms with Gasteiger partial charge in [0.1, 0.15) is 0 Å². The summed E-state index contributed by atoms with van der Waals surface area (Å²) in [4.78, 5) is 29.4. The van der Waals surface area contributed by atoms with Gasteiger partial charge in [0, 0.05) is 4.88 Å². The number of carbonyl (C=O) groups is 2. The van der Waals surface area contributed by atoms with Gasteiger partial charge in [0.15, 0.2) is 5.13 Å². The van der Waals surface area contributed by atoms with Gasteiger partial charge in [-0.2, -0.15) is 0 Å². The molecule has 0 spiro atoms. The van der Waals surface area contributed by atoms with Crippen LogP contribution in [-0.2, 0) is 17.6 Å². The maximum absolute atomic E-state index is 12.4. The van der Waals surface area contributed by atoms with Gasteiger partial charge in [-0.15, -0.1) is 11.3 Å². The number of rotatable bonds is 5. The summed E-state index contributed by atoms with van der Waals surface area (Å²) >= 11 is 1.54. The van der Waals surface area contributed by atoms with Crippen molar-refractivity contribution >= 4 is 28.4 Å². The predicted molar refractivity (Wildman–Crippen MR) is 94.0 cm³/mol. The highest BCUT2D eigenvalue weighted by molar-refractivity contribution is 7.15. The molecule has 126 valence electrons. The lowest BCUT2D eigenvalue weighted by Crippen LogP contribution is -2.35. The van der Waals surface area contributed by atoms with Crippen molar-refractivity contribution in [3.63, 3.8) is 0 Å². The van der Waals surface area contributed by atoms with Crippen molar-refractivity contribution in [2.75, 3.05) is 5.32 Å². The number of anilines is 1. The average Bonchev–Trinajstić information content (AvgIpc) is 3.07. The molecule has 1 atom stereocenters. The van der Waals surface area contributed by atoms with Crippen molar-refractivity contribution in [3.05, 3.63) is 46.0 Å². The Kier molecular flexibility index (Phi) is 4.80. The summed E-state index contributed by atoms with van der Waals surface area (Å²) in [7, 11) is 0. The number of amides is 3. The van der Waals surface area contributed by atoms with Crippen molar-refractivity contribution in [2.45, 2.75) is 38.6 Å². The van der Waals surface area contributed by atoms with Crippen LogP contribution in [0.4, 0.5) is 9.93 Å². The van der Waals surface area contributed by atoms with E-state index < -0.39 is 12.1 Å². The van der Waals surface area contributed by atoms with Crippen molar-refractivity contribution in [2.24, 2.45) is 5.73 Å². The molecule has 0 unspecified atom stereocenters. The molecule has 7 heteroatoms.